The number of sulfonamides is 1. The van der Waals surface area contributed by atoms with Crippen LogP contribution in [0, 0.1) is 5.41 Å². The first-order valence-electron chi connectivity index (χ1n) is 5.82. The van der Waals surface area contributed by atoms with Crippen LogP contribution in [0.2, 0.25) is 0 Å². The third-order valence-electron chi connectivity index (χ3n) is 2.24. The maximum absolute atomic E-state index is 11.3. The quantitative estimate of drug-likeness (QED) is 0.693. The minimum atomic E-state index is -3.03. The Labute approximate surface area is 100 Å². The normalized spacial score (nSPS) is 13.4. The van der Waals surface area contributed by atoms with Crippen molar-refractivity contribution < 1.29 is 8.42 Å². The van der Waals surface area contributed by atoms with E-state index in [0.717, 1.165) is 19.5 Å². The molecule has 0 aromatic carbocycles. The SMILES string of the molecule is CCN(CCCNCC(C)(C)C)S(C)(=O)=O. The number of nitrogens with one attached hydrogen (secondary N) is 1. The molecule has 0 aromatic rings. The van der Waals surface area contributed by atoms with E-state index < -0.39 is 10.0 Å². The van der Waals surface area contributed by atoms with Gasteiger partial charge in [0, 0.05) is 13.1 Å². The second kappa shape index (κ2) is 6.57. The first-order chi connectivity index (χ1) is 7.17. The molecule has 0 radical (unpaired) electrons. The molecule has 0 aliphatic carbocycles. The van der Waals surface area contributed by atoms with E-state index in [1.54, 1.807) is 0 Å². The Balaban J connectivity index is 3.74. The first kappa shape index (κ1) is 15.9. The van der Waals surface area contributed by atoms with Crippen LogP contribution in [0.5, 0.6) is 0 Å². The Bertz CT molecular complexity index is 281. The Morgan fingerprint density at radius 2 is 1.81 bits per heavy atom. The molecule has 0 aliphatic heterocycles. The van der Waals surface area contributed by atoms with Gasteiger partial charge in [-0.15, -0.1) is 0 Å². The number of hydrogen-bond acceptors (Lipinski definition) is 3. The number of rotatable bonds is 7. The lowest BCUT2D eigenvalue weighted by Crippen LogP contribution is -2.34. The molecule has 0 heterocycles. The molecule has 4 nitrogen and oxygen atoms in total. The molecule has 1 N–H and O–H groups in total. The average Bonchev–Trinajstić information content (AvgIpc) is 2.07. The van der Waals surface area contributed by atoms with Gasteiger partial charge in [0.05, 0.1) is 6.26 Å². The molecule has 0 unspecified atom stereocenters. The zero-order valence-electron chi connectivity index (χ0n) is 11.2. The largest absolute Gasteiger partial charge is 0.316 e. The molecular weight excluding hydrogens is 224 g/mol. The summed E-state index contributed by atoms with van der Waals surface area (Å²) >= 11 is 0. The second-order valence-electron chi connectivity index (χ2n) is 5.35. The van der Waals surface area contributed by atoms with Gasteiger partial charge in [-0.1, -0.05) is 27.7 Å². The van der Waals surface area contributed by atoms with Crippen molar-refractivity contribution in [2.24, 2.45) is 5.41 Å². The van der Waals surface area contributed by atoms with Crippen LogP contribution in [0.25, 0.3) is 0 Å². The Hall–Kier alpha value is -0.130. The van der Waals surface area contributed by atoms with Crippen LogP contribution in [0.15, 0.2) is 0 Å². The van der Waals surface area contributed by atoms with Crippen LogP contribution < -0.4 is 5.32 Å². The summed E-state index contributed by atoms with van der Waals surface area (Å²) in [6.07, 6.45) is 2.12. The van der Waals surface area contributed by atoms with Crippen molar-refractivity contribution in [3.63, 3.8) is 0 Å². The molecule has 0 fully saturated rings. The molecule has 0 saturated heterocycles. The van der Waals surface area contributed by atoms with Crippen LogP contribution in [-0.2, 0) is 10.0 Å². The van der Waals surface area contributed by atoms with Gasteiger partial charge in [0.2, 0.25) is 10.0 Å². The fraction of sp³-hybridized carbons (Fsp3) is 1.00. The van der Waals surface area contributed by atoms with Gasteiger partial charge in [0.1, 0.15) is 0 Å². The predicted molar refractivity (Wildman–Crippen MR) is 69.0 cm³/mol. The smallest absolute Gasteiger partial charge is 0.211 e. The van der Waals surface area contributed by atoms with Gasteiger partial charge in [-0.3, -0.25) is 0 Å². The third-order valence-corrected chi connectivity index (χ3v) is 3.62. The highest BCUT2D eigenvalue weighted by atomic mass is 32.2. The highest BCUT2D eigenvalue weighted by Gasteiger charge is 2.13. The topological polar surface area (TPSA) is 49.4 Å². The van der Waals surface area contributed by atoms with E-state index in [-0.39, 0.29) is 5.41 Å². The van der Waals surface area contributed by atoms with Gasteiger partial charge >= 0.3 is 0 Å². The van der Waals surface area contributed by atoms with Crippen LogP contribution in [-0.4, -0.2) is 45.2 Å². The summed E-state index contributed by atoms with van der Waals surface area (Å²) in [5.74, 6) is 0. The molecule has 0 bridgehead atoms. The molecule has 0 rings (SSSR count). The molecule has 0 aromatic heterocycles. The fourth-order valence-corrected chi connectivity index (χ4v) is 2.33. The molecule has 5 heteroatoms. The molecule has 0 atom stereocenters. The van der Waals surface area contributed by atoms with Crippen molar-refractivity contribution in [2.75, 3.05) is 32.4 Å². The van der Waals surface area contributed by atoms with Crippen molar-refractivity contribution >= 4 is 10.0 Å². The summed E-state index contributed by atoms with van der Waals surface area (Å²) in [6, 6.07) is 0. The summed E-state index contributed by atoms with van der Waals surface area (Å²) in [5, 5.41) is 3.33. The van der Waals surface area contributed by atoms with Gasteiger partial charge < -0.3 is 5.32 Å². The van der Waals surface area contributed by atoms with Crippen molar-refractivity contribution in [3.8, 4) is 0 Å². The van der Waals surface area contributed by atoms with E-state index in [1.807, 2.05) is 6.92 Å². The van der Waals surface area contributed by atoms with Gasteiger partial charge in [0.25, 0.3) is 0 Å². The monoisotopic (exact) mass is 250 g/mol. The highest BCUT2D eigenvalue weighted by Crippen LogP contribution is 2.10. The van der Waals surface area contributed by atoms with Crippen LogP contribution in [0.1, 0.15) is 34.1 Å². The lowest BCUT2D eigenvalue weighted by molar-refractivity contribution is 0.367. The van der Waals surface area contributed by atoms with E-state index >= 15 is 0 Å². The molecule has 0 spiro atoms. The average molecular weight is 250 g/mol. The van der Waals surface area contributed by atoms with Gasteiger partial charge in [-0.05, 0) is 24.9 Å². The lowest BCUT2D eigenvalue weighted by atomic mass is 9.97. The third kappa shape index (κ3) is 8.07. The van der Waals surface area contributed by atoms with Crippen molar-refractivity contribution in [3.05, 3.63) is 0 Å². The minimum Gasteiger partial charge on any atom is -0.316 e. The van der Waals surface area contributed by atoms with Crippen molar-refractivity contribution in [1.29, 1.82) is 0 Å². The van der Waals surface area contributed by atoms with E-state index in [4.69, 9.17) is 0 Å². The fourth-order valence-electron chi connectivity index (χ4n) is 1.40. The maximum atomic E-state index is 11.3. The van der Waals surface area contributed by atoms with Crippen LogP contribution in [0.3, 0.4) is 0 Å². The summed E-state index contributed by atoms with van der Waals surface area (Å²) in [7, 11) is -3.03. The van der Waals surface area contributed by atoms with E-state index in [0.29, 0.717) is 13.1 Å². The molecule has 16 heavy (non-hydrogen) atoms. The molecular formula is C11H26N2O2S. The number of nitrogens with zero attached hydrogens (tertiary/aromatic N) is 1. The predicted octanol–water partition coefficient (Wildman–Crippen LogP) is 1.29. The van der Waals surface area contributed by atoms with E-state index in [1.165, 1.54) is 10.6 Å². The summed E-state index contributed by atoms with van der Waals surface area (Å²) in [6.45, 7) is 11.4. The Kier molecular flexibility index (Phi) is 6.51. The standard InChI is InChI=1S/C11H26N2O2S/c1-6-13(16(5,14)15)9-7-8-12-10-11(2,3)4/h12H,6-10H2,1-5H3. The Morgan fingerprint density at radius 3 is 2.19 bits per heavy atom. The van der Waals surface area contributed by atoms with Crippen molar-refractivity contribution in [2.45, 2.75) is 34.1 Å². The van der Waals surface area contributed by atoms with Gasteiger partial charge in [-0.2, -0.15) is 0 Å². The first-order valence-corrected chi connectivity index (χ1v) is 7.67. The summed E-state index contributed by atoms with van der Waals surface area (Å²) in [5.41, 5.74) is 0.279. The molecule has 0 aliphatic rings. The summed E-state index contributed by atoms with van der Waals surface area (Å²) < 4.78 is 24.1. The van der Waals surface area contributed by atoms with Gasteiger partial charge in [0.15, 0.2) is 0 Å². The second-order valence-corrected chi connectivity index (χ2v) is 7.33. The molecule has 0 saturated carbocycles. The van der Waals surface area contributed by atoms with Crippen LogP contribution in [0.4, 0.5) is 0 Å². The van der Waals surface area contributed by atoms with Crippen LogP contribution >= 0.6 is 0 Å². The molecule has 0 amide bonds. The lowest BCUT2D eigenvalue weighted by Gasteiger charge is -2.20. The summed E-state index contributed by atoms with van der Waals surface area (Å²) in [4.78, 5) is 0. The maximum Gasteiger partial charge on any atom is 0.211 e. The zero-order chi connectivity index (χ0) is 12.8. The van der Waals surface area contributed by atoms with E-state index in [9.17, 15) is 8.42 Å². The Morgan fingerprint density at radius 1 is 1.25 bits per heavy atom. The van der Waals surface area contributed by atoms with E-state index in [2.05, 4.69) is 26.1 Å². The molecule has 98 valence electrons. The highest BCUT2D eigenvalue weighted by molar-refractivity contribution is 7.88. The van der Waals surface area contributed by atoms with Crippen molar-refractivity contribution in [1.82, 2.24) is 9.62 Å². The number of hydrogen-bond donors (Lipinski definition) is 1. The van der Waals surface area contributed by atoms with Gasteiger partial charge in [-0.25, -0.2) is 12.7 Å². The zero-order valence-corrected chi connectivity index (χ0v) is 12.0. The minimum absolute atomic E-state index is 0.279.